The van der Waals surface area contributed by atoms with Crippen molar-refractivity contribution < 1.29 is 9.18 Å². The van der Waals surface area contributed by atoms with Gasteiger partial charge in [-0.3, -0.25) is 9.69 Å². The van der Waals surface area contributed by atoms with E-state index in [1.165, 1.54) is 17.7 Å². The maximum atomic E-state index is 13.1. The number of amides is 1. The molecule has 23 heavy (non-hydrogen) atoms. The van der Waals surface area contributed by atoms with E-state index in [-0.39, 0.29) is 22.5 Å². The lowest BCUT2D eigenvalue weighted by Crippen LogP contribution is -2.38. The van der Waals surface area contributed by atoms with Crippen molar-refractivity contribution in [3.63, 3.8) is 0 Å². The summed E-state index contributed by atoms with van der Waals surface area (Å²) >= 11 is 7.59. The van der Waals surface area contributed by atoms with E-state index in [0.29, 0.717) is 6.54 Å². The molecule has 0 aliphatic heterocycles. The summed E-state index contributed by atoms with van der Waals surface area (Å²) in [6.45, 7) is 6.46. The Morgan fingerprint density at radius 1 is 1.35 bits per heavy atom. The van der Waals surface area contributed by atoms with Gasteiger partial charge in [0.1, 0.15) is 5.82 Å². The van der Waals surface area contributed by atoms with Crippen LogP contribution in [0.3, 0.4) is 0 Å². The van der Waals surface area contributed by atoms with Crippen molar-refractivity contribution in [1.82, 2.24) is 10.2 Å². The minimum absolute atomic E-state index is 0.111. The van der Waals surface area contributed by atoms with Gasteiger partial charge < -0.3 is 5.32 Å². The van der Waals surface area contributed by atoms with Crippen molar-refractivity contribution in [3.05, 3.63) is 57.0 Å². The maximum Gasteiger partial charge on any atom is 0.252 e. The van der Waals surface area contributed by atoms with E-state index in [4.69, 9.17) is 11.6 Å². The van der Waals surface area contributed by atoms with Gasteiger partial charge in [-0.15, -0.1) is 0 Å². The second-order valence-corrected chi connectivity index (χ2v) is 6.32. The predicted molar refractivity (Wildman–Crippen MR) is 93.7 cm³/mol. The van der Waals surface area contributed by atoms with E-state index >= 15 is 0 Å². The number of nitrogens with one attached hydrogen (secondary N) is 1. The first kappa shape index (κ1) is 17.9. The Morgan fingerprint density at radius 3 is 2.65 bits per heavy atom. The standard InChI is InChI=1S/C17H20ClFN2OS/c1-3-21(4-2)16(12-7-8-23-11-12)10-20-17(22)14-6-5-13(19)9-15(14)18/h5-9,11,16H,3-4,10H2,1-2H3,(H,20,22)/t16-/m0/s1. The summed E-state index contributed by atoms with van der Waals surface area (Å²) in [6, 6.07) is 5.98. The molecule has 1 heterocycles. The molecule has 0 unspecified atom stereocenters. The molecule has 0 aliphatic carbocycles. The summed E-state index contributed by atoms with van der Waals surface area (Å²) in [5.41, 5.74) is 1.47. The fourth-order valence-corrected chi connectivity index (χ4v) is 3.51. The van der Waals surface area contributed by atoms with Gasteiger partial charge in [0.25, 0.3) is 5.91 Å². The molecule has 0 bridgehead atoms. The van der Waals surface area contributed by atoms with Gasteiger partial charge >= 0.3 is 0 Å². The zero-order valence-electron chi connectivity index (χ0n) is 13.2. The molecule has 0 radical (unpaired) electrons. The number of carbonyl (C=O) groups is 1. The molecule has 0 spiro atoms. The number of hydrogen-bond donors (Lipinski definition) is 1. The lowest BCUT2D eigenvalue weighted by Gasteiger charge is -2.29. The molecular weight excluding hydrogens is 335 g/mol. The average Bonchev–Trinajstić information content (AvgIpc) is 3.05. The zero-order valence-corrected chi connectivity index (χ0v) is 14.8. The van der Waals surface area contributed by atoms with E-state index in [9.17, 15) is 9.18 Å². The third kappa shape index (κ3) is 4.53. The first-order chi connectivity index (χ1) is 11.1. The number of likely N-dealkylation sites (N-methyl/N-ethyl adjacent to an activating group) is 1. The van der Waals surface area contributed by atoms with Gasteiger partial charge in [-0.1, -0.05) is 25.4 Å². The zero-order chi connectivity index (χ0) is 16.8. The Labute approximate surface area is 145 Å². The number of rotatable bonds is 7. The van der Waals surface area contributed by atoms with E-state index in [1.807, 2.05) is 5.38 Å². The summed E-state index contributed by atoms with van der Waals surface area (Å²) in [6.07, 6.45) is 0. The fourth-order valence-electron chi connectivity index (χ4n) is 2.54. The molecule has 0 aliphatic rings. The quantitative estimate of drug-likeness (QED) is 0.801. The molecule has 0 saturated heterocycles. The molecule has 0 saturated carbocycles. The Kier molecular flexibility index (Phi) is 6.57. The van der Waals surface area contributed by atoms with Crippen molar-refractivity contribution in [2.45, 2.75) is 19.9 Å². The number of halogens is 2. The molecule has 0 fully saturated rings. The lowest BCUT2D eigenvalue weighted by atomic mass is 10.1. The van der Waals surface area contributed by atoms with Gasteiger partial charge in [0.05, 0.1) is 16.6 Å². The highest BCUT2D eigenvalue weighted by atomic mass is 35.5. The maximum absolute atomic E-state index is 13.1. The predicted octanol–water partition coefficient (Wildman–Crippen LogP) is 4.35. The minimum Gasteiger partial charge on any atom is -0.350 e. The van der Waals surface area contributed by atoms with Crippen molar-refractivity contribution in [2.24, 2.45) is 0 Å². The van der Waals surface area contributed by atoms with E-state index in [0.717, 1.165) is 19.2 Å². The number of carbonyl (C=O) groups excluding carboxylic acids is 1. The van der Waals surface area contributed by atoms with Crippen LogP contribution in [0.25, 0.3) is 0 Å². The van der Waals surface area contributed by atoms with Crippen LogP contribution in [0.15, 0.2) is 35.0 Å². The molecule has 1 aromatic carbocycles. The van der Waals surface area contributed by atoms with Crippen molar-refractivity contribution in [1.29, 1.82) is 0 Å². The van der Waals surface area contributed by atoms with Crippen LogP contribution in [-0.2, 0) is 0 Å². The molecule has 1 amide bonds. The summed E-state index contributed by atoms with van der Waals surface area (Å²) in [5, 5.41) is 7.17. The van der Waals surface area contributed by atoms with Crippen LogP contribution in [0.5, 0.6) is 0 Å². The third-order valence-corrected chi connectivity index (χ3v) is 4.83. The smallest absolute Gasteiger partial charge is 0.252 e. The summed E-state index contributed by atoms with van der Waals surface area (Å²) < 4.78 is 13.1. The largest absolute Gasteiger partial charge is 0.350 e. The molecule has 6 heteroatoms. The molecule has 2 aromatic rings. The Morgan fingerprint density at radius 2 is 2.09 bits per heavy atom. The lowest BCUT2D eigenvalue weighted by molar-refractivity contribution is 0.0935. The van der Waals surface area contributed by atoms with Gasteiger partial charge in [-0.25, -0.2) is 4.39 Å². The molecular formula is C17H20ClFN2OS. The van der Waals surface area contributed by atoms with Crippen LogP contribution in [0.2, 0.25) is 5.02 Å². The highest BCUT2D eigenvalue weighted by Crippen LogP contribution is 2.23. The number of benzene rings is 1. The second kappa shape index (κ2) is 8.43. The van der Waals surface area contributed by atoms with E-state index in [1.54, 1.807) is 11.3 Å². The number of thiophene rings is 1. The molecule has 2 rings (SSSR count). The summed E-state index contributed by atoms with van der Waals surface area (Å²) in [5.74, 6) is -0.742. The normalized spacial score (nSPS) is 12.4. The van der Waals surface area contributed by atoms with Gasteiger partial charge in [-0.2, -0.15) is 11.3 Å². The fraction of sp³-hybridized carbons (Fsp3) is 0.353. The van der Waals surface area contributed by atoms with Gasteiger partial charge in [-0.05, 0) is 53.7 Å². The minimum atomic E-state index is -0.453. The average molecular weight is 355 g/mol. The first-order valence-corrected chi connectivity index (χ1v) is 8.88. The Bertz CT molecular complexity index is 644. The van der Waals surface area contributed by atoms with Crippen molar-refractivity contribution in [2.75, 3.05) is 19.6 Å². The number of hydrogen-bond acceptors (Lipinski definition) is 3. The van der Waals surface area contributed by atoms with E-state index in [2.05, 4.69) is 35.5 Å². The van der Waals surface area contributed by atoms with Gasteiger partial charge in [0.2, 0.25) is 0 Å². The van der Waals surface area contributed by atoms with Gasteiger partial charge in [0, 0.05) is 6.54 Å². The molecule has 124 valence electrons. The monoisotopic (exact) mass is 354 g/mol. The van der Waals surface area contributed by atoms with Crippen LogP contribution in [0.1, 0.15) is 35.8 Å². The number of nitrogens with zero attached hydrogens (tertiary/aromatic N) is 1. The van der Waals surface area contributed by atoms with Crippen molar-refractivity contribution in [3.8, 4) is 0 Å². The van der Waals surface area contributed by atoms with Gasteiger partial charge in [0.15, 0.2) is 0 Å². The van der Waals surface area contributed by atoms with Crippen LogP contribution in [0, 0.1) is 5.82 Å². The molecule has 1 atom stereocenters. The van der Waals surface area contributed by atoms with Crippen molar-refractivity contribution >= 4 is 28.8 Å². The van der Waals surface area contributed by atoms with Crippen LogP contribution in [-0.4, -0.2) is 30.4 Å². The molecule has 1 aromatic heterocycles. The Hall–Kier alpha value is -1.43. The van der Waals surface area contributed by atoms with Crippen LogP contribution in [0.4, 0.5) is 4.39 Å². The first-order valence-electron chi connectivity index (χ1n) is 7.56. The summed E-state index contributed by atoms with van der Waals surface area (Å²) in [7, 11) is 0. The second-order valence-electron chi connectivity index (χ2n) is 5.13. The van der Waals surface area contributed by atoms with E-state index < -0.39 is 5.82 Å². The van der Waals surface area contributed by atoms with Crippen LogP contribution < -0.4 is 5.32 Å². The third-order valence-electron chi connectivity index (χ3n) is 3.81. The summed E-state index contributed by atoms with van der Waals surface area (Å²) in [4.78, 5) is 14.6. The highest BCUT2D eigenvalue weighted by molar-refractivity contribution is 7.07. The highest BCUT2D eigenvalue weighted by Gasteiger charge is 2.20. The SMILES string of the molecule is CCN(CC)[C@@H](CNC(=O)c1ccc(F)cc1Cl)c1ccsc1. The molecule has 1 N–H and O–H groups in total. The van der Waals surface area contributed by atoms with Crippen LogP contribution >= 0.6 is 22.9 Å². The Balaban J connectivity index is 2.10. The topological polar surface area (TPSA) is 32.3 Å². The molecule has 3 nitrogen and oxygen atoms in total.